The van der Waals surface area contributed by atoms with Gasteiger partial charge in [-0.15, -0.1) is 0 Å². The molecule has 10 unspecified atom stereocenters. The quantitative estimate of drug-likeness (QED) is 0.0701. The number of aliphatic hydroxyl groups is 1. The van der Waals surface area contributed by atoms with Crippen LogP contribution in [0.2, 0.25) is 0 Å². The van der Waals surface area contributed by atoms with Gasteiger partial charge in [-0.3, -0.25) is 14.4 Å². The maximum Gasteiger partial charge on any atom is 0.322 e. The van der Waals surface area contributed by atoms with E-state index in [9.17, 15) is 19.5 Å². The number of ether oxygens (including phenoxy) is 1. The fraction of sp³-hybridized carbons (Fsp3) is 0.750. The minimum Gasteiger partial charge on any atom is -0.480 e. The average molecular weight is 708 g/mol. The van der Waals surface area contributed by atoms with Gasteiger partial charge in [-0.2, -0.15) is 0 Å². The van der Waals surface area contributed by atoms with Crippen LogP contribution in [0.4, 0.5) is 0 Å². The molecule has 0 aromatic carbocycles. The lowest BCUT2D eigenvalue weighted by Crippen LogP contribution is -2.59. The summed E-state index contributed by atoms with van der Waals surface area (Å²) < 4.78 is 6.07. The van der Waals surface area contributed by atoms with Crippen molar-refractivity contribution in [3.05, 3.63) is 48.6 Å². The van der Waals surface area contributed by atoms with E-state index in [4.69, 9.17) is 9.84 Å². The molecule has 4 aliphatic rings. The first-order chi connectivity index (χ1) is 24.5. The molecule has 4 aliphatic carbocycles. The molecule has 0 saturated heterocycles. The molecule has 7 heteroatoms. The summed E-state index contributed by atoms with van der Waals surface area (Å²) in [6, 6.07) is 0. The lowest BCUT2D eigenvalue weighted by Gasteiger charge is -2.62. The number of rotatable bonds is 19. The van der Waals surface area contributed by atoms with Crippen molar-refractivity contribution in [3.63, 3.8) is 0 Å². The van der Waals surface area contributed by atoms with Gasteiger partial charge in [-0.25, -0.2) is 0 Å². The van der Waals surface area contributed by atoms with Crippen LogP contribution in [0, 0.1) is 46.3 Å². The second-order valence-electron chi connectivity index (χ2n) is 16.8. The third-order valence-electron chi connectivity index (χ3n) is 13.8. The molecule has 4 rings (SSSR count). The monoisotopic (exact) mass is 708 g/mol. The molecule has 0 heterocycles. The smallest absolute Gasteiger partial charge is 0.322 e. The second-order valence-corrected chi connectivity index (χ2v) is 16.8. The SMILES string of the molecule is CC/C=C\C/C=C\C/C=C\C/C=C\CCCCC(=O)OC1CCC2(C)C(CCC3C2CC(O)C2(C)C(C(C)CCC(=O)NCC(=O)O)CCC32)C1. The Kier molecular flexibility index (Phi) is 16.1. The molecular weight excluding hydrogens is 638 g/mol. The Hall–Kier alpha value is -2.67. The Bertz CT molecular complexity index is 1250. The van der Waals surface area contributed by atoms with Crippen LogP contribution in [0.3, 0.4) is 0 Å². The maximum atomic E-state index is 12.8. The summed E-state index contributed by atoms with van der Waals surface area (Å²) in [5.41, 5.74) is 0.0219. The lowest BCUT2D eigenvalue weighted by atomic mass is 9.43. The Balaban J connectivity index is 1.17. The van der Waals surface area contributed by atoms with Gasteiger partial charge < -0.3 is 20.3 Å². The fourth-order valence-corrected chi connectivity index (χ4v) is 10.9. The molecule has 1 amide bonds. The van der Waals surface area contributed by atoms with Gasteiger partial charge in [0.15, 0.2) is 0 Å². The number of nitrogens with one attached hydrogen (secondary N) is 1. The summed E-state index contributed by atoms with van der Waals surface area (Å²) in [5.74, 6) is 1.49. The van der Waals surface area contributed by atoms with Crippen LogP contribution in [0.15, 0.2) is 48.6 Å². The summed E-state index contributed by atoms with van der Waals surface area (Å²) >= 11 is 0. The number of hydrogen-bond donors (Lipinski definition) is 3. The van der Waals surface area contributed by atoms with Crippen molar-refractivity contribution in [2.75, 3.05) is 6.54 Å². The number of amides is 1. The van der Waals surface area contributed by atoms with Crippen molar-refractivity contribution < 1.29 is 29.3 Å². The van der Waals surface area contributed by atoms with Crippen LogP contribution in [0.5, 0.6) is 0 Å². The minimum atomic E-state index is -1.03. The Morgan fingerprint density at radius 3 is 2.22 bits per heavy atom. The Morgan fingerprint density at radius 1 is 0.843 bits per heavy atom. The first kappa shape index (κ1) is 41.1. The summed E-state index contributed by atoms with van der Waals surface area (Å²) in [6.07, 6.45) is 34.1. The molecule has 0 radical (unpaired) electrons. The Labute approximate surface area is 308 Å². The highest BCUT2D eigenvalue weighted by molar-refractivity contribution is 5.81. The molecule has 0 aliphatic heterocycles. The molecule has 0 spiro atoms. The highest BCUT2D eigenvalue weighted by Crippen LogP contribution is 2.68. The molecule has 4 saturated carbocycles. The van der Waals surface area contributed by atoms with Crippen molar-refractivity contribution in [3.8, 4) is 0 Å². The van der Waals surface area contributed by atoms with Gasteiger partial charge in [0.2, 0.25) is 5.91 Å². The van der Waals surface area contributed by atoms with Crippen molar-refractivity contribution >= 4 is 17.8 Å². The van der Waals surface area contributed by atoms with Crippen LogP contribution >= 0.6 is 0 Å². The number of carboxylic acid groups (broad SMARTS) is 1. The predicted octanol–water partition coefficient (Wildman–Crippen LogP) is 9.51. The van der Waals surface area contributed by atoms with Crippen molar-refractivity contribution in [2.45, 2.75) is 155 Å². The normalized spacial score (nSPS) is 34.1. The van der Waals surface area contributed by atoms with E-state index in [2.05, 4.69) is 81.6 Å². The number of unbranched alkanes of at least 4 members (excludes halogenated alkanes) is 2. The minimum absolute atomic E-state index is 0.0182. The zero-order valence-corrected chi connectivity index (χ0v) is 32.2. The summed E-state index contributed by atoms with van der Waals surface area (Å²) in [5, 5.41) is 23.3. The van der Waals surface area contributed by atoms with E-state index >= 15 is 0 Å². The topological polar surface area (TPSA) is 113 Å². The van der Waals surface area contributed by atoms with E-state index in [0.29, 0.717) is 54.8 Å². The number of aliphatic hydroxyl groups excluding tert-OH is 1. The number of fused-ring (bicyclic) bond motifs is 5. The zero-order valence-electron chi connectivity index (χ0n) is 32.2. The number of esters is 1. The van der Waals surface area contributed by atoms with E-state index < -0.39 is 5.97 Å². The highest BCUT2D eigenvalue weighted by atomic mass is 16.5. The third kappa shape index (κ3) is 10.9. The molecule has 0 bridgehead atoms. The molecule has 286 valence electrons. The number of aliphatic carboxylic acids is 1. The van der Waals surface area contributed by atoms with Crippen molar-refractivity contribution in [1.29, 1.82) is 0 Å². The van der Waals surface area contributed by atoms with Gasteiger partial charge in [-0.1, -0.05) is 76.3 Å². The van der Waals surface area contributed by atoms with E-state index in [1.165, 1.54) is 12.8 Å². The molecule has 0 aromatic heterocycles. The predicted molar refractivity (Wildman–Crippen MR) is 205 cm³/mol. The summed E-state index contributed by atoms with van der Waals surface area (Å²) in [7, 11) is 0. The van der Waals surface area contributed by atoms with E-state index in [-0.39, 0.29) is 41.5 Å². The summed E-state index contributed by atoms with van der Waals surface area (Å²) in [6.45, 7) is 8.83. The maximum absolute atomic E-state index is 12.8. The Morgan fingerprint density at radius 2 is 1.53 bits per heavy atom. The largest absolute Gasteiger partial charge is 0.480 e. The number of allylic oxidation sites excluding steroid dienone is 8. The van der Waals surface area contributed by atoms with Crippen molar-refractivity contribution in [2.24, 2.45) is 46.3 Å². The number of carboxylic acids is 1. The molecule has 51 heavy (non-hydrogen) atoms. The van der Waals surface area contributed by atoms with Gasteiger partial charge in [0, 0.05) is 12.8 Å². The first-order valence-corrected chi connectivity index (χ1v) is 20.5. The van der Waals surface area contributed by atoms with E-state index in [0.717, 1.165) is 83.5 Å². The average Bonchev–Trinajstić information content (AvgIpc) is 3.47. The van der Waals surface area contributed by atoms with E-state index in [1.807, 2.05) is 0 Å². The van der Waals surface area contributed by atoms with Gasteiger partial charge in [0.1, 0.15) is 12.6 Å². The number of carbonyl (C=O) groups is 3. The highest BCUT2D eigenvalue weighted by Gasteiger charge is 2.63. The first-order valence-electron chi connectivity index (χ1n) is 20.5. The molecule has 0 aromatic rings. The van der Waals surface area contributed by atoms with Crippen LogP contribution in [0.25, 0.3) is 0 Å². The molecule has 3 N–H and O–H groups in total. The molecular formula is C44H69NO6. The van der Waals surface area contributed by atoms with Crippen molar-refractivity contribution in [1.82, 2.24) is 5.32 Å². The van der Waals surface area contributed by atoms with Crippen LogP contribution in [-0.4, -0.2) is 46.8 Å². The van der Waals surface area contributed by atoms with E-state index in [1.54, 1.807) is 0 Å². The zero-order chi connectivity index (χ0) is 36.9. The molecule has 4 fully saturated rings. The second kappa shape index (κ2) is 20.0. The molecule has 10 atom stereocenters. The molecule has 7 nitrogen and oxygen atoms in total. The van der Waals surface area contributed by atoms with Gasteiger partial charge >= 0.3 is 11.9 Å². The standard InChI is InChI=1S/C44H69NO6/c1-5-6-7-8-9-10-11-12-13-14-15-16-17-18-19-20-42(50)51-34-27-28-43(3)33(29-34)22-23-35-37-25-24-36(44(37,4)39(46)30-38(35)43)32(2)21-26-40(47)45-31-41(48)49/h6-7,9-10,12-13,15-16,32-39,46H,5,8,11,14,17-31H2,1-4H3,(H,45,47)(H,48,49)/b7-6-,10-9-,13-12-,16-15-. The number of carbonyl (C=O) groups excluding carboxylic acids is 2. The van der Waals surface area contributed by atoms with Gasteiger partial charge in [0.25, 0.3) is 0 Å². The lowest BCUT2D eigenvalue weighted by molar-refractivity contribution is -0.181. The van der Waals surface area contributed by atoms with Crippen LogP contribution in [0.1, 0.15) is 143 Å². The van der Waals surface area contributed by atoms with Crippen LogP contribution in [-0.2, 0) is 19.1 Å². The van der Waals surface area contributed by atoms with Crippen LogP contribution < -0.4 is 5.32 Å². The fourth-order valence-electron chi connectivity index (χ4n) is 10.9. The third-order valence-corrected chi connectivity index (χ3v) is 13.8. The van der Waals surface area contributed by atoms with Gasteiger partial charge in [0.05, 0.1) is 6.10 Å². The van der Waals surface area contributed by atoms with Gasteiger partial charge in [-0.05, 0) is 149 Å². The number of hydrogen-bond acceptors (Lipinski definition) is 5. The summed E-state index contributed by atoms with van der Waals surface area (Å²) in [4.78, 5) is 35.9.